The van der Waals surface area contributed by atoms with Crippen LogP contribution in [-0.4, -0.2) is 56.1 Å². The summed E-state index contributed by atoms with van der Waals surface area (Å²) >= 11 is 12.3. The molecule has 4 N–H and O–H groups in total. The summed E-state index contributed by atoms with van der Waals surface area (Å²) in [6.07, 6.45) is 0. The lowest BCUT2D eigenvalue weighted by molar-refractivity contribution is -0.151. The Bertz CT molecular complexity index is 1860. The Hall–Kier alpha value is -4.88. The fraction of sp³-hybridized carbons (Fsp3) is 0.176. The molecule has 0 aromatic heterocycles. The Morgan fingerprint density at radius 3 is 1.35 bits per heavy atom. The molecule has 4 aromatic rings. The Labute approximate surface area is 282 Å². The van der Waals surface area contributed by atoms with Gasteiger partial charge in [-0.05, 0) is 83.9 Å². The molecule has 14 heteroatoms. The van der Waals surface area contributed by atoms with Crippen LogP contribution in [0.1, 0.15) is 23.2 Å². The minimum Gasteiger partial charge on any atom is -0.481 e. The van der Waals surface area contributed by atoms with E-state index in [1.54, 1.807) is 12.1 Å². The second-order valence-corrected chi connectivity index (χ2v) is 12.2. The van der Waals surface area contributed by atoms with E-state index in [0.29, 0.717) is 21.2 Å². The van der Waals surface area contributed by atoms with Gasteiger partial charge in [0.15, 0.2) is 0 Å². The minimum atomic E-state index is -1.70. The smallest absolute Gasteiger partial charge is 0.323 e. The first kappa shape index (κ1) is 33.0. The molecular formula is C34H26Cl2F2N4O6. The molecule has 0 bridgehead atoms. The van der Waals surface area contributed by atoms with Gasteiger partial charge >= 0.3 is 11.9 Å². The first-order valence-corrected chi connectivity index (χ1v) is 15.4. The van der Waals surface area contributed by atoms with E-state index in [2.05, 4.69) is 10.6 Å². The van der Waals surface area contributed by atoms with Crippen molar-refractivity contribution in [2.75, 3.05) is 10.6 Å². The van der Waals surface area contributed by atoms with Crippen molar-refractivity contribution in [1.82, 2.24) is 10.0 Å². The fourth-order valence-electron chi connectivity index (χ4n) is 6.58. The van der Waals surface area contributed by atoms with Gasteiger partial charge in [0, 0.05) is 21.4 Å². The highest BCUT2D eigenvalue weighted by molar-refractivity contribution is 6.30. The van der Waals surface area contributed by atoms with Gasteiger partial charge in [0.25, 0.3) is 0 Å². The molecule has 246 valence electrons. The number of nitrogens with zero attached hydrogens (tertiary/aromatic N) is 2. The van der Waals surface area contributed by atoms with Crippen LogP contribution < -0.4 is 10.6 Å². The molecule has 2 saturated heterocycles. The molecule has 48 heavy (non-hydrogen) atoms. The monoisotopic (exact) mass is 694 g/mol. The average molecular weight is 696 g/mol. The second kappa shape index (κ2) is 13.3. The minimum absolute atomic E-state index is 0.162. The van der Waals surface area contributed by atoms with Crippen molar-refractivity contribution in [2.45, 2.75) is 24.2 Å². The summed E-state index contributed by atoms with van der Waals surface area (Å²) in [5.41, 5.74) is 1.04. The molecule has 2 aliphatic heterocycles. The Morgan fingerprint density at radius 1 is 0.542 bits per heavy atom. The number of hydrogen-bond donors (Lipinski definition) is 4. The van der Waals surface area contributed by atoms with Gasteiger partial charge in [-0.3, -0.25) is 19.2 Å². The number of aliphatic carboxylic acids is 2. The maximum absolute atomic E-state index is 14.2. The highest BCUT2D eigenvalue weighted by Gasteiger charge is 2.67. The van der Waals surface area contributed by atoms with Crippen LogP contribution in [0, 0.1) is 23.5 Å². The summed E-state index contributed by atoms with van der Waals surface area (Å²) in [5, 5.41) is 30.1. The van der Waals surface area contributed by atoms with E-state index in [0.717, 1.165) is 24.3 Å². The molecular weight excluding hydrogens is 669 g/mol. The molecule has 4 aromatic carbocycles. The fourth-order valence-corrected chi connectivity index (χ4v) is 6.83. The highest BCUT2D eigenvalue weighted by atomic mass is 35.5. The summed E-state index contributed by atoms with van der Waals surface area (Å²) < 4.78 is 27.3. The van der Waals surface area contributed by atoms with Crippen LogP contribution >= 0.6 is 23.2 Å². The Morgan fingerprint density at radius 2 is 0.938 bits per heavy atom. The number of benzene rings is 4. The number of hydrazine groups is 1. The van der Waals surface area contributed by atoms with E-state index in [1.165, 1.54) is 70.7 Å². The van der Waals surface area contributed by atoms with Crippen molar-refractivity contribution < 1.29 is 38.2 Å². The van der Waals surface area contributed by atoms with Crippen molar-refractivity contribution in [1.29, 1.82) is 0 Å². The van der Waals surface area contributed by atoms with Gasteiger partial charge in [0.05, 0.1) is 18.0 Å². The van der Waals surface area contributed by atoms with Crippen molar-refractivity contribution in [3.63, 3.8) is 0 Å². The van der Waals surface area contributed by atoms with Crippen LogP contribution in [0.2, 0.25) is 10.0 Å². The number of hydrogen-bond acceptors (Lipinski definition) is 6. The van der Waals surface area contributed by atoms with Crippen LogP contribution in [0.25, 0.3) is 0 Å². The van der Waals surface area contributed by atoms with E-state index in [9.17, 15) is 38.2 Å². The van der Waals surface area contributed by atoms with Crippen molar-refractivity contribution in [3.05, 3.63) is 130 Å². The normalized spacial score (nSPS) is 23.8. The van der Waals surface area contributed by atoms with Crippen molar-refractivity contribution in [3.8, 4) is 0 Å². The molecule has 0 radical (unpaired) electrons. The molecule has 2 fully saturated rings. The van der Waals surface area contributed by atoms with Gasteiger partial charge in [-0.1, -0.05) is 47.5 Å². The van der Waals surface area contributed by atoms with Gasteiger partial charge in [-0.2, -0.15) is 0 Å². The van der Waals surface area contributed by atoms with Crippen LogP contribution in [0.15, 0.2) is 97.1 Å². The maximum atomic E-state index is 14.2. The predicted octanol–water partition coefficient (Wildman–Crippen LogP) is 6.02. The number of rotatable bonds is 8. The molecule has 0 spiro atoms. The number of anilines is 2. The van der Waals surface area contributed by atoms with Gasteiger partial charge in [-0.15, -0.1) is 0 Å². The molecule has 2 heterocycles. The first-order chi connectivity index (χ1) is 22.9. The Balaban J connectivity index is 1.55. The molecule has 2 aliphatic rings. The number of carboxylic acid groups (broad SMARTS) is 2. The van der Waals surface area contributed by atoms with Crippen LogP contribution in [0.3, 0.4) is 0 Å². The zero-order chi connectivity index (χ0) is 34.3. The van der Waals surface area contributed by atoms with Gasteiger partial charge < -0.3 is 20.8 Å². The van der Waals surface area contributed by atoms with Gasteiger partial charge in [0.1, 0.15) is 29.6 Å². The van der Waals surface area contributed by atoms with Gasteiger partial charge in [-0.25, -0.2) is 18.8 Å². The number of carbonyl (C=O) groups excluding carboxylic acids is 2. The number of carboxylic acids is 2. The average Bonchev–Trinajstić information content (AvgIpc) is 3.57. The third-order valence-electron chi connectivity index (χ3n) is 8.52. The largest absolute Gasteiger partial charge is 0.481 e. The summed E-state index contributed by atoms with van der Waals surface area (Å²) in [5.74, 6) is -8.60. The van der Waals surface area contributed by atoms with Crippen LogP contribution in [0.5, 0.6) is 0 Å². The first-order valence-electron chi connectivity index (χ1n) is 14.6. The van der Waals surface area contributed by atoms with E-state index in [-0.39, 0.29) is 11.4 Å². The standard InChI is InChI=1S/C34H26Cl2F2N4O6/c35-19-5-1-17(2-6-19)27-25(31(43)39-23-13-9-21(37)10-14-23)30(34(47)48)42-28(18-3-7-20(36)8-4-18)26(33(45)46)29(41(27)42)32(44)40-24-15-11-22(38)12-16-24/h1-16,25-30H,(H,39,43)(H,40,44)(H,45,46)(H,47,48)/t25-,26-,27+,28+,29+,30-/m0/s1. The lowest BCUT2D eigenvalue weighted by Gasteiger charge is -2.33. The topological polar surface area (TPSA) is 139 Å². The van der Waals surface area contributed by atoms with Gasteiger partial charge in [0.2, 0.25) is 11.8 Å². The van der Waals surface area contributed by atoms with E-state index in [4.69, 9.17) is 23.2 Å². The highest BCUT2D eigenvalue weighted by Crippen LogP contribution is 2.55. The maximum Gasteiger partial charge on any atom is 0.323 e. The SMILES string of the molecule is O=C(Nc1ccc(F)cc1)[C@@H]1[C@@H](C(=O)O)N2[C@H](c3ccc(Cl)cc3)[C@H](C(=O)O)[C@H](C(=O)Nc3ccc(F)cc3)N2[C@@H]1c1ccc(Cl)cc1. The summed E-state index contributed by atoms with van der Waals surface area (Å²) in [7, 11) is 0. The zero-order valence-corrected chi connectivity index (χ0v) is 26.1. The Kier molecular flexibility index (Phi) is 9.17. The summed E-state index contributed by atoms with van der Waals surface area (Å²) in [4.78, 5) is 54.8. The van der Waals surface area contributed by atoms with Crippen LogP contribution in [-0.2, 0) is 19.2 Å². The quantitative estimate of drug-likeness (QED) is 0.176. The van der Waals surface area contributed by atoms with Crippen molar-refractivity contribution >= 4 is 58.3 Å². The number of nitrogens with one attached hydrogen (secondary N) is 2. The molecule has 0 unspecified atom stereocenters. The molecule has 0 saturated carbocycles. The molecule has 6 atom stereocenters. The number of amides is 2. The predicted molar refractivity (Wildman–Crippen MR) is 172 cm³/mol. The van der Waals surface area contributed by atoms with Crippen LogP contribution in [0.4, 0.5) is 20.2 Å². The number of fused-ring (bicyclic) bond motifs is 1. The summed E-state index contributed by atoms with van der Waals surface area (Å²) in [6.45, 7) is 0. The molecule has 6 rings (SSSR count). The third kappa shape index (κ3) is 6.22. The summed E-state index contributed by atoms with van der Waals surface area (Å²) in [6, 6.07) is 16.2. The lowest BCUT2D eigenvalue weighted by Crippen LogP contribution is -2.48. The lowest BCUT2D eigenvalue weighted by atomic mass is 9.81. The second-order valence-electron chi connectivity index (χ2n) is 11.4. The van der Waals surface area contributed by atoms with E-state index >= 15 is 0 Å². The number of halogens is 4. The number of carbonyl (C=O) groups is 4. The third-order valence-corrected chi connectivity index (χ3v) is 9.03. The molecule has 2 amide bonds. The van der Waals surface area contributed by atoms with E-state index in [1.807, 2.05) is 0 Å². The zero-order valence-electron chi connectivity index (χ0n) is 24.6. The molecule has 10 nitrogen and oxygen atoms in total. The molecule has 0 aliphatic carbocycles. The van der Waals surface area contributed by atoms with Crippen molar-refractivity contribution in [2.24, 2.45) is 11.8 Å². The van der Waals surface area contributed by atoms with E-state index < -0.39 is 71.4 Å².